The van der Waals surface area contributed by atoms with E-state index in [4.69, 9.17) is 0 Å². The number of piperazine rings is 1. The van der Waals surface area contributed by atoms with E-state index in [-0.39, 0.29) is 11.8 Å². The lowest BCUT2D eigenvalue weighted by Gasteiger charge is -2.43. The average molecular weight is 400 g/mol. The van der Waals surface area contributed by atoms with Gasteiger partial charge >= 0.3 is 0 Å². The Labute approximate surface area is 173 Å². The molecule has 4 rings (SSSR count). The van der Waals surface area contributed by atoms with Crippen molar-refractivity contribution in [2.45, 2.75) is 31.7 Å². The Bertz CT molecular complexity index is 696. The molecule has 0 spiro atoms. The van der Waals surface area contributed by atoms with Crippen molar-refractivity contribution >= 4 is 11.8 Å². The van der Waals surface area contributed by atoms with Crippen molar-refractivity contribution in [3.05, 3.63) is 30.1 Å². The highest BCUT2D eigenvalue weighted by molar-refractivity contribution is 5.92. The van der Waals surface area contributed by atoms with Crippen molar-refractivity contribution in [3.8, 4) is 0 Å². The predicted molar refractivity (Wildman–Crippen MR) is 112 cm³/mol. The summed E-state index contributed by atoms with van der Waals surface area (Å²) in [5.41, 5.74) is 0.529. The number of nitrogens with zero attached hydrogens (tertiary/aromatic N) is 5. The molecular weight excluding hydrogens is 366 g/mol. The fourth-order valence-electron chi connectivity index (χ4n) is 4.91. The van der Waals surface area contributed by atoms with Crippen LogP contribution in [0.5, 0.6) is 0 Å². The van der Waals surface area contributed by atoms with Crippen molar-refractivity contribution < 1.29 is 9.59 Å². The van der Waals surface area contributed by atoms with Crippen LogP contribution in [0.3, 0.4) is 0 Å². The highest BCUT2D eigenvalue weighted by Crippen LogP contribution is 2.26. The minimum absolute atomic E-state index is 0.0332. The molecule has 2 amide bonds. The Morgan fingerprint density at radius 3 is 2.38 bits per heavy atom. The van der Waals surface area contributed by atoms with E-state index in [1.54, 1.807) is 12.3 Å². The second-order valence-corrected chi connectivity index (χ2v) is 8.70. The molecule has 0 aromatic carbocycles. The molecule has 3 aliphatic rings. The maximum Gasteiger partial charge on any atom is 0.272 e. The first-order chi connectivity index (χ1) is 14.1. The number of rotatable bonds is 3. The van der Waals surface area contributed by atoms with Gasteiger partial charge in [0.05, 0.1) is 5.92 Å². The van der Waals surface area contributed by atoms with E-state index >= 15 is 0 Å². The molecule has 0 N–H and O–H groups in total. The highest BCUT2D eigenvalue weighted by Gasteiger charge is 2.34. The van der Waals surface area contributed by atoms with Crippen LogP contribution in [0.15, 0.2) is 24.4 Å². The predicted octanol–water partition coefficient (Wildman–Crippen LogP) is 1.17. The van der Waals surface area contributed by atoms with E-state index in [0.717, 1.165) is 78.0 Å². The van der Waals surface area contributed by atoms with Crippen LogP contribution in [0, 0.1) is 5.92 Å². The Kier molecular flexibility index (Phi) is 6.45. The first-order valence-electron chi connectivity index (χ1n) is 11.0. The molecule has 1 atom stereocenters. The van der Waals surface area contributed by atoms with E-state index in [9.17, 15) is 9.59 Å². The van der Waals surface area contributed by atoms with Gasteiger partial charge in [-0.15, -0.1) is 0 Å². The molecule has 3 aliphatic heterocycles. The van der Waals surface area contributed by atoms with Gasteiger partial charge in [-0.25, -0.2) is 0 Å². The van der Waals surface area contributed by atoms with Crippen molar-refractivity contribution in [1.82, 2.24) is 24.6 Å². The number of piperidine rings is 2. The molecule has 3 saturated heterocycles. The number of amides is 2. The van der Waals surface area contributed by atoms with Crippen LogP contribution >= 0.6 is 0 Å². The molecule has 1 aromatic heterocycles. The summed E-state index contributed by atoms with van der Waals surface area (Å²) in [5, 5.41) is 0. The summed E-state index contributed by atoms with van der Waals surface area (Å²) in [6.45, 7) is 7.17. The third-order valence-corrected chi connectivity index (χ3v) is 6.77. The number of pyridine rings is 1. The van der Waals surface area contributed by atoms with Crippen molar-refractivity contribution in [3.63, 3.8) is 0 Å². The van der Waals surface area contributed by atoms with Crippen LogP contribution in [0.25, 0.3) is 0 Å². The Hall–Kier alpha value is -1.99. The van der Waals surface area contributed by atoms with Crippen LogP contribution < -0.4 is 0 Å². The fourth-order valence-corrected chi connectivity index (χ4v) is 4.91. The van der Waals surface area contributed by atoms with Crippen LogP contribution in [0.4, 0.5) is 0 Å². The molecule has 1 aromatic rings. The lowest BCUT2D eigenvalue weighted by Crippen LogP contribution is -2.54. The standard InChI is InChI=1S/C22H33N5O2/c1-24-13-15-26(16-14-24)21(28)18-5-4-10-27(17-18)19-7-11-25(12-8-19)22(29)20-6-2-3-9-23-20/h2-3,6,9,18-19H,4-5,7-8,10-17H2,1H3. The lowest BCUT2D eigenvalue weighted by molar-refractivity contribution is -0.139. The Balaban J connectivity index is 1.28. The van der Waals surface area contributed by atoms with E-state index in [1.807, 2.05) is 17.0 Å². The summed E-state index contributed by atoms with van der Waals surface area (Å²) in [4.78, 5) is 38.6. The summed E-state index contributed by atoms with van der Waals surface area (Å²) >= 11 is 0. The second-order valence-electron chi connectivity index (χ2n) is 8.70. The van der Waals surface area contributed by atoms with Gasteiger partial charge in [0.25, 0.3) is 5.91 Å². The molecule has 7 nitrogen and oxygen atoms in total. The third-order valence-electron chi connectivity index (χ3n) is 6.77. The van der Waals surface area contributed by atoms with Crippen molar-refractivity contribution in [2.75, 3.05) is 59.4 Å². The van der Waals surface area contributed by atoms with Gasteiger partial charge in [-0.05, 0) is 51.4 Å². The molecule has 7 heteroatoms. The number of carbonyl (C=O) groups excluding carboxylic acids is 2. The van der Waals surface area contributed by atoms with Crippen molar-refractivity contribution in [2.24, 2.45) is 5.92 Å². The fraction of sp³-hybridized carbons (Fsp3) is 0.682. The minimum atomic E-state index is 0.0332. The number of carbonyl (C=O) groups is 2. The summed E-state index contributed by atoms with van der Waals surface area (Å²) in [6.07, 6.45) is 5.74. The van der Waals surface area contributed by atoms with E-state index in [2.05, 4.69) is 26.7 Å². The summed E-state index contributed by atoms with van der Waals surface area (Å²) in [7, 11) is 2.12. The average Bonchev–Trinajstić information content (AvgIpc) is 2.79. The Morgan fingerprint density at radius 2 is 1.69 bits per heavy atom. The maximum absolute atomic E-state index is 13.0. The maximum atomic E-state index is 13.0. The van der Waals surface area contributed by atoms with Gasteiger partial charge < -0.3 is 14.7 Å². The smallest absolute Gasteiger partial charge is 0.272 e. The van der Waals surface area contributed by atoms with Crippen LogP contribution in [0.1, 0.15) is 36.2 Å². The monoisotopic (exact) mass is 399 g/mol. The minimum Gasteiger partial charge on any atom is -0.340 e. The van der Waals surface area contributed by atoms with Gasteiger partial charge in [-0.1, -0.05) is 6.07 Å². The zero-order chi connectivity index (χ0) is 20.2. The number of hydrogen-bond donors (Lipinski definition) is 0. The van der Waals surface area contributed by atoms with E-state index in [1.165, 1.54) is 0 Å². The van der Waals surface area contributed by atoms with Gasteiger partial charge in [0.1, 0.15) is 5.69 Å². The molecule has 0 saturated carbocycles. The summed E-state index contributed by atoms with van der Waals surface area (Å²) in [5.74, 6) is 0.525. The molecule has 29 heavy (non-hydrogen) atoms. The van der Waals surface area contributed by atoms with Crippen molar-refractivity contribution in [1.29, 1.82) is 0 Å². The third kappa shape index (κ3) is 4.78. The van der Waals surface area contributed by atoms with Crippen LogP contribution in [-0.4, -0.2) is 102 Å². The molecule has 4 heterocycles. The number of aromatic nitrogens is 1. The second kappa shape index (κ2) is 9.22. The van der Waals surface area contributed by atoms with Gasteiger partial charge in [-0.3, -0.25) is 19.5 Å². The molecule has 158 valence electrons. The first-order valence-corrected chi connectivity index (χ1v) is 11.0. The largest absolute Gasteiger partial charge is 0.340 e. The number of hydrogen-bond acceptors (Lipinski definition) is 5. The van der Waals surface area contributed by atoms with Gasteiger partial charge in [-0.2, -0.15) is 0 Å². The highest BCUT2D eigenvalue weighted by atomic mass is 16.2. The topological polar surface area (TPSA) is 60.0 Å². The molecular formula is C22H33N5O2. The lowest BCUT2D eigenvalue weighted by atomic mass is 9.92. The zero-order valence-corrected chi connectivity index (χ0v) is 17.5. The zero-order valence-electron chi connectivity index (χ0n) is 17.5. The molecule has 0 bridgehead atoms. The molecule has 0 aliphatic carbocycles. The van der Waals surface area contributed by atoms with E-state index < -0.39 is 0 Å². The van der Waals surface area contributed by atoms with Gasteiger partial charge in [0.15, 0.2) is 0 Å². The van der Waals surface area contributed by atoms with Crippen LogP contribution in [-0.2, 0) is 4.79 Å². The summed E-state index contributed by atoms with van der Waals surface area (Å²) < 4.78 is 0. The molecule has 3 fully saturated rings. The Morgan fingerprint density at radius 1 is 0.931 bits per heavy atom. The van der Waals surface area contributed by atoms with Gasteiger partial charge in [0.2, 0.25) is 5.91 Å². The van der Waals surface area contributed by atoms with Crippen LogP contribution in [0.2, 0.25) is 0 Å². The molecule has 1 unspecified atom stereocenters. The molecule has 0 radical (unpaired) electrons. The van der Waals surface area contributed by atoms with Gasteiger partial charge in [0, 0.05) is 58.1 Å². The SMILES string of the molecule is CN1CCN(C(=O)C2CCCN(C3CCN(C(=O)c4ccccn4)CC3)C2)CC1. The number of likely N-dealkylation sites (tertiary alicyclic amines) is 2. The quantitative estimate of drug-likeness (QED) is 0.764. The summed E-state index contributed by atoms with van der Waals surface area (Å²) in [6, 6.07) is 5.95. The normalized spacial score (nSPS) is 25.2. The number of likely N-dealkylation sites (N-methyl/N-ethyl adjacent to an activating group) is 1. The first kappa shape index (κ1) is 20.3. The van der Waals surface area contributed by atoms with E-state index in [0.29, 0.717) is 17.6 Å².